The fourth-order valence-electron chi connectivity index (χ4n) is 0.922. The number of hydrogen-bond acceptors (Lipinski definition) is 5. The van der Waals surface area contributed by atoms with Crippen LogP contribution in [0.5, 0.6) is 0 Å². The summed E-state index contributed by atoms with van der Waals surface area (Å²) in [5.41, 5.74) is 0. The van der Waals surface area contributed by atoms with Crippen molar-refractivity contribution in [1.82, 2.24) is 4.31 Å². The van der Waals surface area contributed by atoms with Crippen molar-refractivity contribution in [3.63, 3.8) is 0 Å². The number of aliphatic hydroxyl groups excluding tert-OH is 1. The lowest BCUT2D eigenvalue weighted by molar-refractivity contribution is -0.134. The number of carboxylic acids is 1. The lowest BCUT2D eigenvalue weighted by Gasteiger charge is -2.19. The third-order valence-electron chi connectivity index (χ3n) is 1.61. The van der Waals surface area contributed by atoms with Crippen molar-refractivity contribution in [3.05, 3.63) is 0 Å². The monoisotopic (exact) mass is 241 g/mol. The van der Waals surface area contributed by atoms with Gasteiger partial charge in [0.15, 0.2) is 5.75 Å². The maximum atomic E-state index is 11.3. The zero-order chi connectivity index (χ0) is 12.1. The Hall–Kier alpha value is -0.700. The van der Waals surface area contributed by atoms with Crippen LogP contribution in [0.15, 0.2) is 0 Å². The molecule has 0 aliphatic rings. The minimum atomic E-state index is -3.85. The van der Waals surface area contributed by atoms with E-state index in [-0.39, 0.29) is 13.2 Å². The predicted molar refractivity (Wildman–Crippen MR) is 51.9 cm³/mol. The van der Waals surface area contributed by atoms with E-state index in [1.807, 2.05) is 0 Å². The second-order valence-corrected chi connectivity index (χ2v) is 5.12. The van der Waals surface area contributed by atoms with Crippen molar-refractivity contribution in [2.75, 3.05) is 33.1 Å². The van der Waals surface area contributed by atoms with Gasteiger partial charge in [0.2, 0.25) is 10.0 Å². The Bertz CT molecular complexity index is 301. The molecule has 0 aliphatic heterocycles. The first-order chi connectivity index (χ1) is 6.79. The molecule has 0 saturated heterocycles. The number of rotatable bonds is 7. The molecule has 0 bridgehead atoms. The van der Waals surface area contributed by atoms with Crippen LogP contribution in [0.3, 0.4) is 0 Å². The van der Waals surface area contributed by atoms with Gasteiger partial charge in [0.25, 0.3) is 0 Å². The molecule has 0 aromatic heterocycles. The third-order valence-corrected chi connectivity index (χ3v) is 3.32. The Kier molecular flexibility index (Phi) is 5.73. The zero-order valence-electron chi connectivity index (χ0n) is 8.58. The molecular formula is C7H15NO6S. The van der Waals surface area contributed by atoms with Crippen LogP contribution in [-0.2, 0) is 19.6 Å². The minimum absolute atomic E-state index is 0.00701. The molecule has 0 fully saturated rings. The van der Waals surface area contributed by atoms with Gasteiger partial charge in [-0.3, -0.25) is 4.79 Å². The number of sulfonamides is 1. The second-order valence-electron chi connectivity index (χ2n) is 3.04. The molecule has 0 spiro atoms. The molecule has 1 atom stereocenters. The summed E-state index contributed by atoms with van der Waals surface area (Å²) in [5.74, 6) is -2.41. The van der Waals surface area contributed by atoms with E-state index in [0.717, 1.165) is 4.31 Å². The Balaban J connectivity index is 4.31. The van der Waals surface area contributed by atoms with E-state index in [1.54, 1.807) is 0 Å². The molecule has 1 unspecified atom stereocenters. The summed E-state index contributed by atoms with van der Waals surface area (Å²) in [6.45, 7) is -0.198. The molecule has 0 radical (unpaired) electrons. The van der Waals surface area contributed by atoms with Crippen molar-refractivity contribution in [1.29, 1.82) is 0 Å². The number of methoxy groups -OCH3 is 1. The van der Waals surface area contributed by atoms with Gasteiger partial charge in [0.1, 0.15) is 0 Å². The maximum Gasteiger partial charge on any atom is 0.320 e. The van der Waals surface area contributed by atoms with E-state index in [4.69, 9.17) is 5.11 Å². The standard InChI is InChI=1S/C7H15NO6S/c1-8(3-6(9)4-14-2)15(12,13)5-7(10)11/h6,9H,3-5H2,1-2H3,(H,10,11). The molecule has 7 nitrogen and oxygen atoms in total. The average Bonchev–Trinajstić information content (AvgIpc) is 2.01. The summed E-state index contributed by atoms with van der Waals surface area (Å²) in [6, 6.07) is 0. The molecule has 15 heavy (non-hydrogen) atoms. The topological polar surface area (TPSA) is 104 Å². The van der Waals surface area contributed by atoms with Crippen LogP contribution in [0.1, 0.15) is 0 Å². The lowest BCUT2D eigenvalue weighted by atomic mass is 10.4. The molecule has 0 rings (SSSR count). The predicted octanol–water partition coefficient (Wildman–Crippen LogP) is -1.66. The normalized spacial score (nSPS) is 14.1. The van der Waals surface area contributed by atoms with Crippen LogP contribution in [0.2, 0.25) is 0 Å². The van der Waals surface area contributed by atoms with Gasteiger partial charge in [-0.15, -0.1) is 0 Å². The van der Waals surface area contributed by atoms with Crippen molar-refractivity contribution in [2.24, 2.45) is 0 Å². The smallest absolute Gasteiger partial charge is 0.320 e. The second kappa shape index (κ2) is 6.01. The number of aliphatic hydroxyl groups is 1. The Morgan fingerprint density at radius 1 is 1.53 bits per heavy atom. The molecule has 0 heterocycles. The van der Waals surface area contributed by atoms with Gasteiger partial charge in [-0.05, 0) is 0 Å². The van der Waals surface area contributed by atoms with Crippen LogP contribution >= 0.6 is 0 Å². The number of ether oxygens (including phenoxy) is 1. The third kappa shape index (κ3) is 5.67. The van der Waals surface area contributed by atoms with E-state index in [0.29, 0.717) is 0 Å². The van der Waals surface area contributed by atoms with Crippen LogP contribution in [0.25, 0.3) is 0 Å². The average molecular weight is 241 g/mol. The molecule has 90 valence electrons. The number of carbonyl (C=O) groups is 1. The van der Waals surface area contributed by atoms with Crippen molar-refractivity contribution < 1.29 is 28.2 Å². The fourth-order valence-corrected chi connectivity index (χ4v) is 1.85. The number of nitrogens with zero attached hydrogens (tertiary/aromatic N) is 1. The molecule has 0 saturated carbocycles. The Morgan fingerprint density at radius 3 is 2.47 bits per heavy atom. The van der Waals surface area contributed by atoms with Crippen LogP contribution in [-0.4, -0.2) is 68.1 Å². The minimum Gasteiger partial charge on any atom is -0.480 e. The van der Waals surface area contributed by atoms with Crippen LogP contribution in [0.4, 0.5) is 0 Å². The summed E-state index contributed by atoms with van der Waals surface area (Å²) in [7, 11) is -1.28. The van der Waals surface area contributed by atoms with E-state index in [2.05, 4.69) is 4.74 Å². The fraction of sp³-hybridized carbons (Fsp3) is 0.857. The number of hydrogen-bond donors (Lipinski definition) is 2. The van der Waals surface area contributed by atoms with Crippen LogP contribution < -0.4 is 0 Å². The van der Waals surface area contributed by atoms with Crippen molar-refractivity contribution in [2.45, 2.75) is 6.10 Å². The molecule has 8 heteroatoms. The highest BCUT2D eigenvalue weighted by molar-refractivity contribution is 7.89. The SMILES string of the molecule is COCC(O)CN(C)S(=O)(=O)CC(=O)O. The van der Waals surface area contributed by atoms with E-state index >= 15 is 0 Å². The first kappa shape index (κ1) is 14.3. The Morgan fingerprint density at radius 2 is 2.07 bits per heavy atom. The zero-order valence-corrected chi connectivity index (χ0v) is 9.40. The quantitative estimate of drug-likeness (QED) is 0.553. The van der Waals surface area contributed by atoms with Crippen molar-refractivity contribution >= 4 is 16.0 Å². The first-order valence-electron chi connectivity index (χ1n) is 4.12. The molecule has 2 N–H and O–H groups in total. The van der Waals surface area contributed by atoms with Gasteiger partial charge in [0, 0.05) is 20.7 Å². The van der Waals surface area contributed by atoms with Gasteiger partial charge in [-0.25, -0.2) is 12.7 Å². The van der Waals surface area contributed by atoms with Gasteiger partial charge in [-0.1, -0.05) is 0 Å². The highest BCUT2D eigenvalue weighted by Crippen LogP contribution is 2.00. The van der Waals surface area contributed by atoms with Crippen LogP contribution in [0, 0.1) is 0 Å². The largest absolute Gasteiger partial charge is 0.480 e. The van der Waals surface area contributed by atoms with Crippen molar-refractivity contribution in [3.8, 4) is 0 Å². The number of likely N-dealkylation sites (N-methyl/N-ethyl adjacent to an activating group) is 1. The molecule has 0 aromatic rings. The number of carboxylic acid groups (broad SMARTS) is 1. The first-order valence-corrected chi connectivity index (χ1v) is 5.73. The molecule has 0 aliphatic carbocycles. The van der Waals surface area contributed by atoms with Gasteiger partial charge in [-0.2, -0.15) is 0 Å². The summed E-state index contributed by atoms with van der Waals surface area (Å²) >= 11 is 0. The lowest BCUT2D eigenvalue weighted by Crippen LogP contribution is -2.38. The summed E-state index contributed by atoms with van der Waals surface area (Å²) in [5, 5.41) is 17.6. The number of aliphatic carboxylic acids is 1. The molecule has 0 aromatic carbocycles. The van der Waals surface area contributed by atoms with E-state index in [1.165, 1.54) is 14.2 Å². The molecule has 0 amide bonds. The maximum absolute atomic E-state index is 11.3. The van der Waals surface area contributed by atoms with Gasteiger partial charge in [0.05, 0.1) is 12.7 Å². The Labute approximate surface area is 88.3 Å². The summed E-state index contributed by atoms with van der Waals surface area (Å²) in [4.78, 5) is 10.2. The van der Waals surface area contributed by atoms with E-state index in [9.17, 15) is 18.3 Å². The summed E-state index contributed by atoms with van der Waals surface area (Å²) in [6.07, 6.45) is -0.969. The molecular weight excluding hydrogens is 226 g/mol. The van der Waals surface area contributed by atoms with E-state index < -0.39 is 27.8 Å². The highest BCUT2D eigenvalue weighted by Gasteiger charge is 2.23. The highest BCUT2D eigenvalue weighted by atomic mass is 32.2. The summed E-state index contributed by atoms with van der Waals surface area (Å²) < 4.78 is 28.0. The van der Waals surface area contributed by atoms with Gasteiger partial charge >= 0.3 is 5.97 Å². The van der Waals surface area contributed by atoms with Gasteiger partial charge < -0.3 is 14.9 Å².